The van der Waals surface area contributed by atoms with E-state index in [1.165, 1.54) is 36.0 Å². The highest BCUT2D eigenvalue weighted by Gasteiger charge is 2.18. The van der Waals surface area contributed by atoms with E-state index >= 15 is 0 Å². The third-order valence-corrected chi connectivity index (χ3v) is 3.92. The van der Waals surface area contributed by atoms with Gasteiger partial charge in [-0.1, -0.05) is 32.4 Å². The maximum atomic E-state index is 6.03. The predicted octanol–water partition coefficient (Wildman–Crippen LogP) is 3.98. The monoisotopic (exact) mass is 261 g/mol. The van der Waals surface area contributed by atoms with Crippen molar-refractivity contribution in [1.29, 1.82) is 0 Å². The van der Waals surface area contributed by atoms with Gasteiger partial charge in [-0.25, -0.2) is 0 Å². The molecule has 1 saturated carbocycles. The fourth-order valence-corrected chi connectivity index (χ4v) is 2.55. The molecule has 1 N–H and O–H groups in total. The number of hydrogen-bond acceptors (Lipinski definition) is 2. The lowest BCUT2D eigenvalue weighted by Gasteiger charge is -2.26. The van der Waals surface area contributed by atoms with Gasteiger partial charge in [0.05, 0.1) is 6.61 Å². The van der Waals surface area contributed by atoms with Crippen molar-refractivity contribution in [3.05, 3.63) is 28.8 Å². The minimum Gasteiger partial charge on any atom is -0.493 e. The Balaban J connectivity index is 1.99. The molecule has 1 aromatic rings. The molecule has 0 amide bonds. The smallest absolute Gasteiger partial charge is 0.125 e. The van der Waals surface area contributed by atoms with Crippen LogP contribution in [0.5, 0.6) is 5.75 Å². The highest BCUT2D eigenvalue weighted by molar-refractivity contribution is 5.43. The van der Waals surface area contributed by atoms with Crippen LogP contribution in [0.25, 0.3) is 0 Å². The molecular weight excluding hydrogens is 234 g/mol. The van der Waals surface area contributed by atoms with Crippen molar-refractivity contribution in [2.75, 3.05) is 6.61 Å². The average Bonchev–Trinajstić information content (AvgIpc) is 2.27. The summed E-state index contributed by atoms with van der Waals surface area (Å²) in [5, 5.41) is 3.46. The number of nitrogens with one attached hydrogen (secondary N) is 1. The van der Waals surface area contributed by atoms with Crippen LogP contribution >= 0.6 is 0 Å². The molecule has 19 heavy (non-hydrogen) atoms. The highest BCUT2D eigenvalue weighted by atomic mass is 16.5. The lowest BCUT2D eigenvalue weighted by molar-refractivity contribution is 0.179. The first-order chi connectivity index (χ1) is 9.06. The second kappa shape index (κ2) is 6.42. The quantitative estimate of drug-likeness (QED) is 0.836. The summed E-state index contributed by atoms with van der Waals surface area (Å²) >= 11 is 0. The van der Waals surface area contributed by atoms with Crippen molar-refractivity contribution in [1.82, 2.24) is 5.32 Å². The van der Waals surface area contributed by atoms with E-state index in [0.717, 1.165) is 24.8 Å². The molecule has 1 aromatic carbocycles. The normalized spacial score (nSPS) is 15.6. The number of rotatable bonds is 6. The van der Waals surface area contributed by atoms with E-state index in [1.807, 2.05) is 0 Å². The summed E-state index contributed by atoms with van der Waals surface area (Å²) in [5.41, 5.74) is 3.87. The maximum absolute atomic E-state index is 6.03. The molecule has 2 heteroatoms. The van der Waals surface area contributed by atoms with Crippen LogP contribution in [0.4, 0.5) is 0 Å². The zero-order valence-electron chi connectivity index (χ0n) is 12.8. The Hall–Kier alpha value is -1.02. The Morgan fingerprint density at radius 1 is 1.21 bits per heavy atom. The van der Waals surface area contributed by atoms with E-state index in [4.69, 9.17) is 4.74 Å². The van der Waals surface area contributed by atoms with Crippen LogP contribution in [0, 0.1) is 19.8 Å². The summed E-state index contributed by atoms with van der Waals surface area (Å²) in [6, 6.07) is 5.02. The molecule has 2 nitrogen and oxygen atoms in total. The number of aryl methyl sites for hydroxylation is 2. The molecule has 0 aliphatic heterocycles. The molecule has 0 unspecified atom stereocenters. The van der Waals surface area contributed by atoms with Crippen molar-refractivity contribution >= 4 is 0 Å². The summed E-state index contributed by atoms with van der Waals surface area (Å²) in [6.07, 6.45) is 4.06. The Kier molecular flexibility index (Phi) is 4.87. The van der Waals surface area contributed by atoms with Gasteiger partial charge in [0.2, 0.25) is 0 Å². The van der Waals surface area contributed by atoms with Gasteiger partial charge in [0.25, 0.3) is 0 Å². The zero-order valence-corrected chi connectivity index (χ0v) is 12.8. The first kappa shape index (κ1) is 14.4. The molecule has 0 spiro atoms. The number of hydrogen-bond donors (Lipinski definition) is 1. The van der Waals surface area contributed by atoms with Crippen LogP contribution in [0.1, 0.15) is 49.8 Å². The minimum absolute atomic E-state index is 0.523. The first-order valence-corrected chi connectivity index (χ1v) is 7.52. The van der Waals surface area contributed by atoms with Crippen LogP contribution in [-0.4, -0.2) is 12.6 Å². The van der Waals surface area contributed by atoms with Gasteiger partial charge in [-0.05, 0) is 49.3 Å². The lowest BCUT2D eigenvalue weighted by atomic mass is 9.86. The van der Waals surface area contributed by atoms with Gasteiger partial charge in [0.1, 0.15) is 5.75 Å². The van der Waals surface area contributed by atoms with Gasteiger partial charge < -0.3 is 10.1 Å². The van der Waals surface area contributed by atoms with Crippen molar-refractivity contribution in [2.45, 2.75) is 59.5 Å². The molecule has 0 bridgehead atoms. The van der Waals surface area contributed by atoms with Gasteiger partial charge >= 0.3 is 0 Å². The first-order valence-electron chi connectivity index (χ1n) is 7.52. The second-order valence-corrected chi connectivity index (χ2v) is 6.20. The van der Waals surface area contributed by atoms with Gasteiger partial charge in [0, 0.05) is 12.6 Å². The SMILES string of the molecule is Cc1cc(CNC(C)C)cc(C)c1OCC1CCC1. The average molecular weight is 261 g/mol. The van der Waals surface area contributed by atoms with Crippen molar-refractivity contribution in [3.63, 3.8) is 0 Å². The van der Waals surface area contributed by atoms with E-state index in [-0.39, 0.29) is 0 Å². The molecule has 0 aromatic heterocycles. The molecule has 2 rings (SSSR count). The zero-order chi connectivity index (χ0) is 13.8. The minimum atomic E-state index is 0.523. The third-order valence-electron chi connectivity index (χ3n) is 3.92. The molecule has 0 atom stereocenters. The van der Waals surface area contributed by atoms with Gasteiger partial charge in [-0.3, -0.25) is 0 Å². The number of benzene rings is 1. The molecule has 0 heterocycles. The summed E-state index contributed by atoms with van der Waals surface area (Å²) in [7, 11) is 0. The molecule has 1 aliphatic rings. The van der Waals surface area contributed by atoms with Crippen LogP contribution in [0.2, 0.25) is 0 Å². The Labute approximate surface area is 117 Å². The molecule has 0 radical (unpaired) electrons. The standard InChI is InChI=1S/C17H27NO/c1-12(2)18-10-16-8-13(3)17(14(4)9-16)19-11-15-6-5-7-15/h8-9,12,15,18H,5-7,10-11H2,1-4H3. The molecular formula is C17H27NO. The second-order valence-electron chi connectivity index (χ2n) is 6.20. The van der Waals surface area contributed by atoms with Crippen molar-refractivity contribution < 1.29 is 4.74 Å². The largest absolute Gasteiger partial charge is 0.493 e. The fourth-order valence-electron chi connectivity index (χ4n) is 2.55. The summed E-state index contributed by atoms with van der Waals surface area (Å²) in [4.78, 5) is 0. The summed E-state index contributed by atoms with van der Waals surface area (Å²) in [5.74, 6) is 1.89. The van der Waals surface area contributed by atoms with Crippen LogP contribution in [-0.2, 0) is 6.54 Å². The molecule has 1 aliphatic carbocycles. The van der Waals surface area contributed by atoms with E-state index < -0.39 is 0 Å². The highest BCUT2D eigenvalue weighted by Crippen LogP contribution is 2.30. The topological polar surface area (TPSA) is 21.3 Å². The van der Waals surface area contributed by atoms with Gasteiger partial charge in [-0.2, -0.15) is 0 Å². The van der Waals surface area contributed by atoms with E-state index in [1.54, 1.807) is 0 Å². The summed E-state index contributed by atoms with van der Waals surface area (Å²) in [6.45, 7) is 10.5. The van der Waals surface area contributed by atoms with Crippen LogP contribution < -0.4 is 10.1 Å². The predicted molar refractivity (Wildman–Crippen MR) is 80.7 cm³/mol. The maximum Gasteiger partial charge on any atom is 0.125 e. The Bertz CT molecular complexity index is 398. The lowest BCUT2D eigenvalue weighted by Crippen LogP contribution is -2.22. The van der Waals surface area contributed by atoms with Crippen LogP contribution in [0.15, 0.2) is 12.1 Å². The van der Waals surface area contributed by atoms with Crippen molar-refractivity contribution in [3.8, 4) is 5.75 Å². The Morgan fingerprint density at radius 3 is 2.32 bits per heavy atom. The van der Waals surface area contributed by atoms with E-state index in [0.29, 0.717) is 6.04 Å². The van der Waals surface area contributed by atoms with Gasteiger partial charge in [-0.15, -0.1) is 0 Å². The Morgan fingerprint density at radius 2 is 1.84 bits per heavy atom. The van der Waals surface area contributed by atoms with Crippen molar-refractivity contribution in [2.24, 2.45) is 5.92 Å². The van der Waals surface area contributed by atoms with E-state index in [9.17, 15) is 0 Å². The molecule has 0 saturated heterocycles. The van der Waals surface area contributed by atoms with E-state index in [2.05, 4.69) is 45.1 Å². The molecule has 106 valence electrons. The fraction of sp³-hybridized carbons (Fsp3) is 0.647. The summed E-state index contributed by atoms with van der Waals surface area (Å²) < 4.78 is 6.03. The van der Waals surface area contributed by atoms with Crippen LogP contribution in [0.3, 0.4) is 0 Å². The third kappa shape index (κ3) is 3.97. The number of ether oxygens (including phenoxy) is 1. The molecule has 1 fully saturated rings. The van der Waals surface area contributed by atoms with Gasteiger partial charge in [0.15, 0.2) is 0 Å².